The molecule has 0 fully saturated rings. The van der Waals surface area contributed by atoms with Crippen molar-refractivity contribution in [1.82, 2.24) is 0 Å². The highest BCUT2D eigenvalue weighted by atomic mass is 35.5. The summed E-state index contributed by atoms with van der Waals surface area (Å²) in [5.74, 6) is -4.28. The summed E-state index contributed by atoms with van der Waals surface area (Å²) in [7, 11) is 1.37. The fourth-order valence-corrected chi connectivity index (χ4v) is 2.83. The Kier molecular flexibility index (Phi) is 8.07. The number of halogens is 6. The van der Waals surface area contributed by atoms with Gasteiger partial charge in [-0.2, -0.15) is 8.78 Å². The minimum absolute atomic E-state index is 0.205. The van der Waals surface area contributed by atoms with E-state index >= 15 is 0 Å². The lowest BCUT2D eigenvalue weighted by Gasteiger charge is -2.16. The van der Waals surface area contributed by atoms with Crippen molar-refractivity contribution in [3.63, 3.8) is 0 Å². The number of allylic oxidation sites excluding steroid dienone is 1. The first-order valence-electron chi connectivity index (χ1n) is 8.22. The third kappa shape index (κ3) is 6.45. The van der Waals surface area contributed by atoms with Gasteiger partial charge in [-0.1, -0.05) is 35.3 Å². The van der Waals surface area contributed by atoms with E-state index in [0.717, 1.165) is 0 Å². The number of rotatable bonds is 9. The third-order valence-electron chi connectivity index (χ3n) is 3.80. The molecule has 0 saturated heterocycles. The van der Waals surface area contributed by atoms with Crippen LogP contribution < -0.4 is 4.74 Å². The maximum Gasteiger partial charge on any atom is 0.330 e. The van der Waals surface area contributed by atoms with Gasteiger partial charge >= 0.3 is 12.3 Å². The third-order valence-corrected chi connectivity index (χ3v) is 4.35. The van der Waals surface area contributed by atoms with Crippen LogP contribution in [0.5, 0.6) is 5.75 Å². The minimum Gasteiger partial charge on any atom is -0.496 e. The molecule has 0 N–H and O–H groups in total. The molecule has 0 saturated carbocycles. The van der Waals surface area contributed by atoms with Crippen molar-refractivity contribution in [3.05, 3.63) is 69.2 Å². The Bertz CT molecular complexity index is 901. The number of methoxy groups -OCH3 is 1. The Balaban J connectivity index is 2.12. The van der Waals surface area contributed by atoms with Gasteiger partial charge in [-0.3, -0.25) is 4.79 Å². The second-order valence-electron chi connectivity index (χ2n) is 5.95. The molecule has 29 heavy (non-hydrogen) atoms. The van der Waals surface area contributed by atoms with Gasteiger partial charge in [-0.15, -0.1) is 0 Å². The van der Waals surface area contributed by atoms with Crippen molar-refractivity contribution in [3.8, 4) is 5.75 Å². The maximum atomic E-state index is 13.0. The number of hydrogen-bond acceptors (Lipinski definition) is 3. The van der Waals surface area contributed by atoms with Gasteiger partial charge in [0.1, 0.15) is 12.4 Å². The molecule has 0 aliphatic carbocycles. The number of ketones is 1. The molecule has 0 aliphatic heterocycles. The molecule has 0 amide bonds. The molecule has 0 atom stereocenters. The van der Waals surface area contributed by atoms with Crippen molar-refractivity contribution >= 4 is 35.1 Å². The zero-order valence-electron chi connectivity index (χ0n) is 15.1. The lowest BCUT2D eigenvalue weighted by Crippen LogP contribution is -2.32. The molecular formula is C20H16Cl2F4O3. The molecular weight excluding hydrogens is 435 g/mol. The van der Waals surface area contributed by atoms with Crippen LogP contribution in [0.2, 0.25) is 10.0 Å². The summed E-state index contributed by atoms with van der Waals surface area (Å²) < 4.78 is 60.2. The van der Waals surface area contributed by atoms with Crippen LogP contribution in [0, 0.1) is 0 Å². The average Bonchev–Trinajstić information content (AvgIpc) is 2.66. The molecule has 2 aromatic carbocycles. The first-order chi connectivity index (χ1) is 13.6. The van der Waals surface area contributed by atoms with E-state index in [1.807, 2.05) is 0 Å². The Hall–Kier alpha value is -2.09. The van der Waals surface area contributed by atoms with Gasteiger partial charge in [-0.25, -0.2) is 8.78 Å². The van der Waals surface area contributed by atoms with Gasteiger partial charge in [-0.05, 0) is 42.0 Å². The van der Waals surface area contributed by atoms with Crippen LogP contribution in [0.25, 0.3) is 6.08 Å². The maximum absolute atomic E-state index is 13.0. The first-order valence-corrected chi connectivity index (χ1v) is 8.97. The van der Waals surface area contributed by atoms with E-state index in [1.54, 1.807) is 12.1 Å². The molecule has 0 bridgehead atoms. The van der Waals surface area contributed by atoms with Crippen LogP contribution in [0.1, 0.15) is 21.5 Å². The van der Waals surface area contributed by atoms with E-state index in [4.69, 9.17) is 32.7 Å². The Morgan fingerprint density at radius 3 is 2.52 bits per heavy atom. The topological polar surface area (TPSA) is 35.5 Å². The zero-order valence-corrected chi connectivity index (χ0v) is 16.6. The number of carbonyl (C=O) groups is 1. The molecule has 0 unspecified atom stereocenters. The normalized spacial score (nSPS) is 12.0. The van der Waals surface area contributed by atoms with Crippen LogP contribution in [-0.2, 0) is 11.3 Å². The second-order valence-corrected chi connectivity index (χ2v) is 6.79. The van der Waals surface area contributed by atoms with Gasteiger partial charge < -0.3 is 9.47 Å². The monoisotopic (exact) mass is 450 g/mol. The second kappa shape index (κ2) is 10.1. The molecule has 9 heteroatoms. The van der Waals surface area contributed by atoms with Gasteiger partial charge in [0.05, 0.1) is 18.7 Å². The van der Waals surface area contributed by atoms with E-state index in [0.29, 0.717) is 21.9 Å². The summed E-state index contributed by atoms with van der Waals surface area (Å²) in [6, 6.07) is 9.18. The number of benzene rings is 2. The zero-order chi connectivity index (χ0) is 21.6. The van der Waals surface area contributed by atoms with E-state index in [9.17, 15) is 22.4 Å². The fraction of sp³-hybridized carbons (Fsp3) is 0.250. The number of ether oxygens (including phenoxy) is 2. The molecule has 0 radical (unpaired) electrons. The summed E-state index contributed by atoms with van der Waals surface area (Å²) in [4.78, 5) is 12.3. The fourth-order valence-electron chi connectivity index (χ4n) is 2.33. The molecule has 2 rings (SSSR count). The quantitative estimate of drug-likeness (QED) is 0.255. The molecule has 3 nitrogen and oxygen atoms in total. The summed E-state index contributed by atoms with van der Waals surface area (Å²) >= 11 is 11.8. The molecule has 0 heterocycles. The SMILES string of the molecule is COc1ccc(/C=C/C(=O)c2ccc(Cl)cc2Cl)cc1COCC(F)(F)C(F)F. The summed E-state index contributed by atoms with van der Waals surface area (Å²) in [5, 5.41) is 0.601. The highest BCUT2D eigenvalue weighted by molar-refractivity contribution is 6.37. The lowest BCUT2D eigenvalue weighted by molar-refractivity contribution is -0.168. The largest absolute Gasteiger partial charge is 0.496 e. The molecule has 0 aromatic heterocycles. The molecule has 2 aromatic rings. The smallest absolute Gasteiger partial charge is 0.330 e. The molecule has 0 aliphatic rings. The van der Waals surface area contributed by atoms with E-state index in [1.165, 1.54) is 43.5 Å². The lowest BCUT2D eigenvalue weighted by atomic mass is 10.1. The van der Waals surface area contributed by atoms with Gasteiger partial charge in [0.25, 0.3) is 0 Å². The van der Waals surface area contributed by atoms with Crippen LogP contribution in [0.3, 0.4) is 0 Å². The summed E-state index contributed by atoms with van der Waals surface area (Å²) in [5.41, 5.74) is 1.17. The number of carbonyl (C=O) groups excluding carboxylic acids is 1. The highest BCUT2D eigenvalue weighted by Gasteiger charge is 2.40. The predicted octanol–water partition coefficient (Wildman–Crippen LogP) is 6.32. The molecule has 156 valence electrons. The van der Waals surface area contributed by atoms with Crippen LogP contribution in [-0.4, -0.2) is 31.8 Å². The van der Waals surface area contributed by atoms with Gasteiger partial charge in [0.15, 0.2) is 5.78 Å². The van der Waals surface area contributed by atoms with Crippen molar-refractivity contribution in [1.29, 1.82) is 0 Å². The van der Waals surface area contributed by atoms with Crippen LogP contribution >= 0.6 is 23.2 Å². The predicted molar refractivity (Wildman–Crippen MR) is 103 cm³/mol. The Morgan fingerprint density at radius 1 is 1.17 bits per heavy atom. The van der Waals surface area contributed by atoms with Gasteiger partial charge in [0.2, 0.25) is 0 Å². The molecule has 0 spiro atoms. The van der Waals surface area contributed by atoms with Crippen LogP contribution in [0.15, 0.2) is 42.5 Å². The Morgan fingerprint density at radius 2 is 1.90 bits per heavy atom. The highest BCUT2D eigenvalue weighted by Crippen LogP contribution is 2.26. The summed E-state index contributed by atoms with van der Waals surface area (Å²) in [6.07, 6.45) is -1.04. The number of hydrogen-bond donors (Lipinski definition) is 0. The minimum atomic E-state index is -4.24. The summed E-state index contributed by atoms with van der Waals surface area (Å²) in [6.45, 7) is -1.80. The average molecular weight is 451 g/mol. The van der Waals surface area contributed by atoms with E-state index in [2.05, 4.69) is 0 Å². The van der Waals surface area contributed by atoms with Crippen molar-refractivity contribution in [2.24, 2.45) is 0 Å². The van der Waals surface area contributed by atoms with Crippen molar-refractivity contribution in [2.45, 2.75) is 19.0 Å². The Labute approximate surface area is 174 Å². The van der Waals surface area contributed by atoms with E-state index < -0.39 is 19.0 Å². The number of alkyl halides is 4. The standard InChI is InChI=1S/C20H16Cl2F4O3/c1-28-18-7-3-12(8-13(18)10-29-11-20(25,26)19(23)24)2-6-17(27)15-5-4-14(21)9-16(15)22/h2-9,19H,10-11H2,1H3/b6-2+. The van der Waals surface area contributed by atoms with Crippen molar-refractivity contribution in [2.75, 3.05) is 13.7 Å². The van der Waals surface area contributed by atoms with Gasteiger partial charge in [0, 0.05) is 16.1 Å². The van der Waals surface area contributed by atoms with E-state index in [-0.39, 0.29) is 23.0 Å². The van der Waals surface area contributed by atoms with Crippen LogP contribution in [0.4, 0.5) is 17.6 Å². The van der Waals surface area contributed by atoms with Crippen molar-refractivity contribution < 1.29 is 31.8 Å². The first kappa shape index (κ1) is 23.2.